The van der Waals surface area contributed by atoms with Crippen molar-refractivity contribution >= 4 is 0 Å². The predicted molar refractivity (Wildman–Crippen MR) is 66.7 cm³/mol. The van der Waals surface area contributed by atoms with E-state index in [9.17, 15) is 0 Å². The first kappa shape index (κ1) is 12.3. The number of ether oxygens (including phenoxy) is 1. The second-order valence-electron chi connectivity index (χ2n) is 5.71. The molecule has 2 saturated heterocycles. The summed E-state index contributed by atoms with van der Waals surface area (Å²) >= 11 is 0. The molecule has 0 saturated carbocycles. The van der Waals surface area contributed by atoms with E-state index in [1.54, 1.807) is 0 Å². The lowest BCUT2D eigenvalue weighted by Gasteiger charge is -2.39. The molecule has 3 nitrogen and oxygen atoms in total. The van der Waals surface area contributed by atoms with Gasteiger partial charge in [0.05, 0.1) is 6.10 Å². The first-order valence-corrected chi connectivity index (χ1v) is 6.77. The third kappa shape index (κ3) is 3.44. The van der Waals surface area contributed by atoms with E-state index in [0.29, 0.717) is 11.6 Å². The molecule has 3 heteroatoms. The van der Waals surface area contributed by atoms with E-state index < -0.39 is 0 Å². The predicted octanol–water partition coefficient (Wildman–Crippen LogP) is 1.63. The summed E-state index contributed by atoms with van der Waals surface area (Å²) in [5.74, 6) is 0. The third-order valence-electron chi connectivity index (χ3n) is 3.82. The smallest absolute Gasteiger partial charge is 0.0673 e. The van der Waals surface area contributed by atoms with E-state index in [1.807, 2.05) is 0 Å². The van der Waals surface area contributed by atoms with Crippen LogP contribution in [-0.4, -0.2) is 49.3 Å². The molecule has 2 fully saturated rings. The van der Waals surface area contributed by atoms with Gasteiger partial charge in [-0.05, 0) is 39.7 Å². The van der Waals surface area contributed by atoms with E-state index in [1.165, 1.54) is 45.3 Å². The molecule has 2 rings (SSSR count). The van der Waals surface area contributed by atoms with Crippen molar-refractivity contribution < 1.29 is 4.74 Å². The van der Waals surface area contributed by atoms with Crippen LogP contribution in [0, 0.1) is 0 Å². The summed E-state index contributed by atoms with van der Waals surface area (Å²) in [7, 11) is 0. The molecule has 0 aliphatic carbocycles. The van der Waals surface area contributed by atoms with Crippen LogP contribution in [-0.2, 0) is 4.74 Å². The fourth-order valence-electron chi connectivity index (χ4n) is 2.97. The maximum Gasteiger partial charge on any atom is 0.0673 e. The highest BCUT2D eigenvalue weighted by atomic mass is 16.5. The zero-order valence-corrected chi connectivity index (χ0v) is 10.8. The topological polar surface area (TPSA) is 24.5 Å². The molecule has 2 heterocycles. The SMILES string of the molecule is CC1CN(CC2(C)CCCCN2)CCCO1. The summed E-state index contributed by atoms with van der Waals surface area (Å²) < 4.78 is 5.69. The molecule has 0 spiro atoms. The van der Waals surface area contributed by atoms with Gasteiger partial charge in [0.15, 0.2) is 0 Å². The number of nitrogens with one attached hydrogen (secondary N) is 1. The quantitative estimate of drug-likeness (QED) is 0.774. The van der Waals surface area contributed by atoms with Crippen LogP contribution in [0.2, 0.25) is 0 Å². The molecular formula is C13H26N2O. The normalized spacial score (nSPS) is 38.2. The minimum absolute atomic E-state index is 0.336. The maximum atomic E-state index is 5.69. The van der Waals surface area contributed by atoms with Crippen LogP contribution in [0.4, 0.5) is 0 Å². The zero-order valence-electron chi connectivity index (χ0n) is 10.8. The highest BCUT2D eigenvalue weighted by molar-refractivity contribution is 4.90. The van der Waals surface area contributed by atoms with Gasteiger partial charge < -0.3 is 10.1 Å². The second-order valence-corrected chi connectivity index (χ2v) is 5.71. The van der Waals surface area contributed by atoms with Gasteiger partial charge in [0.25, 0.3) is 0 Å². The van der Waals surface area contributed by atoms with Crippen molar-refractivity contribution in [3.05, 3.63) is 0 Å². The number of hydrogen-bond acceptors (Lipinski definition) is 3. The number of hydrogen-bond donors (Lipinski definition) is 1. The lowest BCUT2D eigenvalue weighted by atomic mass is 9.90. The summed E-state index contributed by atoms with van der Waals surface area (Å²) in [6.45, 7) is 10.2. The molecular weight excluding hydrogens is 200 g/mol. The molecule has 0 bridgehead atoms. The molecule has 1 N–H and O–H groups in total. The summed E-state index contributed by atoms with van der Waals surface area (Å²) in [5.41, 5.74) is 0.336. The fraction of sp³-hybridized carbons (Fsp3) is 1.00. The van der Waals surface area contributed by atoms with Gasteiger partial charge in [-0.3, -0.25) is 4.90 Å². The first-order chi connectivity index (χ1) is 7.68. The molecule has 2 unspecified atom stereocenters. The van der Waals surface area contributed by atoms with Crippen LogP contribution in [0.5, 0.6) is 0 Å². The van der Waals surface area contributed by atoms with Crippen molar-refractivity contribution in [2.75, 3.05) is 32.8 Å². The van der Waals surface area contributed by atoms with Gasteiger partial charge in [-0.15, -0.1) is 0 Å². The van der Waals surface area contributed by atoms with Crippen LogP contribution in [0.1, 0.15) is 39.5 Å². The minimum Gasteiger partial charge on any atom is -0.377 e. The summed E-state index contributed by atoms with van der Waals surface area (Å²) in [5, 5.41) is 3.70. The molecule has 0 amide bonds. The van der Waals surface area contributed by atoms with Crippen molar-refractivity contribution in [2.45, 2.75) is 51.2 Å². The van der Waals surface area contributed by atoms with Crippen LogP contribution >= 0.6 is 0 Å². The van der Waals surface area contributed by atoms with E-state index in [4.69, 9.17) is 4.74 Å². The van der Waals surface area contributed by atoms with Crippen LogP contribution < -0.4 is 5.32 Å². The highest BCUT2D eigenvalue weighted by Gasteiger charge is 2.29. The van der Waals surface area contributed by atoms with Crippen LogP contribution in [0.25, 0.3) is 0 Å². The van der Waals surface area contributed by atoms with E-state index >= 15 is 0 Å². The summed E-state index contributed by atoms with van der Waals surface area (Å²) in [4.78, 5) is 2.58. The van der Waals surface area contributed by atoms with Crippen molar-refractivity contribution in [1.29, 1.82) is 0 Å². The monoisotopic (exact) mass is 226 g/mol. The van der Waals surface area contributed by atoms with Gasteiger partial charge in [-0.25, -0.2) is 0 Å². The highest BCUT2D eigenvalue weighted by Crippen LogP contribution is 2.21. The Hall–Kier alpha value is -0.120. The lowest BCUT2D eigenvalue weighted by Crippen LogP contribution is -2.54. The molecule has 0 aromatic heterocycles. The Kier molecular flexibility index (Phi) is 4.22. The lowest BCUT2D eigenvalue weighted by molar-refractivity contribution is 0.0618. The van der Waals surface area contributed by atoms with Crippen LogP contribution in [0.15, 0.2) is 0 Å². The molecule has 94 valence electrons. The van der Waals surface area contributed by atoms with E-state index in [-0.39, 0.29) is 0 Å². The number of piperidine rings is 1. The molecule has 0 radical (unpaired) electrons. The average Bonchev–Trinajstić information content (AvgIpc) is 2.43. The Morgan fingerprint density at radius 3 is 3.00 bits per heavy atom. The molecule has 0 aromatic rings. The Balaban J connectivity index is 1.86. The van der Waals surface area contributed by atoms with Gasteiger partial charge in [0.2, 0.25) is 0 Å². The summed E-state index contributed by atoms with van der Waals surface area (Å²) in [6.07, 6.45) is 5.62. The largest absolute Gasteiger partial charge is 0.377 e. The maximum absolute atomic E-state index is 5.69. The molecule has 0 aromatic carbocycles. The Morgan fingerprint density at radius 2 is 2.25 bits per heavy atom. The zero-order chi connectivity index (χ0) is 11.4. The molecule has 2 aliphatic heterocycles. The third-order valence-corrected chi connectivity index (χ3v) is 3.82. The van der Waals surface area contributed by atoms with E-state index in [0.717, 1.165) is 13.2 Å². The minimum atomic E-state index is 0.336. The Bertz CT molecular complexity index is 214. The molecule has 16 heavy (non-hydrogen) atoms. The molecule has 2 aliphatic rings. The van der Waals surface area contributed by atoms with Gasteiger partial charge in [-0.1, -0.05) is 6.42 Å². The van der Waals surface area contributed by atoms with Crippen LogP contribution in [0.3, 0.4) is 0 Å². The Morgan fingerprint density at radius 1 is 1.38 bits per heavy atom. The van der Waals surface area contributed by atoms with Gasteiger partial charge >= 0.3 is 0 Å². The van der Waals surface area contributed by atoms with Crippen molar-refractivity contribution in [2.24, 2.45) is 0 Å². The number of nitrogens with zero attached hydrogens (tertiary/aromatic N) is 1. The first-order valence-electron chi connectivity index (χ1n) is 6.77. The molecule has 2 atom stereocenters. The van der Waals surface area contributed by atoms with Gasteiger partial charge in [-0.2, -0.15) is 0 Å². The fourth-order valence-corrected chi connectivity index (χ4v) is 2.97. The van der Waals surface area contributed by atoms with Crippen molar-refractivity contribution in [3.8, 4) is 0 Å². The van der Waals surface area contributed by atoms with Crippen molar-refractivity contribution in [3.63, 3.8) is 0 Å². The standard InChI is InChI=1S/C13H26N2O/c1-12-10-15(8-5-9-16-12)11-13(2)6-3-4-7-14-13/h12,14H,3-11H2,1-2H3. The average molecular weight is 226 g/mol. The number of rotatable bonds is 2. The Labute approximate surface area is 99.5 Å². The second kappa shape index (κ2) is 5.48. The van der Waals surface area contributed by atoms with Crippen molar-refractivity contribution in [1.82, 2.24) is 10.2 Å². The van der Waals surface area contributed by atoms with E-state index in [2.05, 4.69) is 24.1 Å². The summed E-state index contributed by atoms with van der Waals surface area (Å²) in [6, 6.07) is 0. The van der Waals surface area contributed by atoms with Gasteiger partial charge in [0, 0.05) is 31.8 Å². The van der Waals surface area contributed by atoms with Gasteiger partial charge in [0.1, 0.15) is 0 Å².